The zero-order chi connectivity index (χ0) is 20.8. The standard InChI is InChI=1S/C20H27N3O5S/c1-5-25-15-10-13(11-16(26-6-2)17(15)27-7-3)19-22-23-20(28-19)29-12(4)18(24)21-14-8-9-14/h10-12,14H,5-9H2,1-4H3,(H,21,24)/t12-/m0/s1. The van der Waals surface area contributed by atoms with Crippen LogP contribution in [0.25, 0.3) is 11.5 Å². The predicted molar refractivity (Wildman–Crippen MR) is 110 cm³/mol. The van der Waals surface area contributed by atoms with E-state index in [1.807, 2.05) is 27.7 Å². The van der Waals surface area contributed by atoms with Gasteiger partial charge in [0.25, 0.3) is 5.22 Å². The molecule has 0 bridgehead atoms. The van der Waals surface area contributed by atoms with Crippen molar-refractivity contribution in [2.24, 2.45) is 0 Å². The number of aromatic nitrogens is 2. The van der Waals surface area contributed by atoms with Gasteiger partial charge in [0.05, 0.1) is 25.1 Å². The van der Waals surface area contributed by atoms with Crippen molar-refractivity contribution in [1.29, 1.82) is 0 Å². The van der Waals surface area contributed by atoms with E-state index in [0.29, 0.717) is 59.8 Å². The fraction of sp³-hybridized carbons (Fsp3) is 0.550. The first-order valence-corrected chi connectivity index (χ1v) is 10.8. The molecule has 3 rings (SSSR count). The molecule has 0 saturated heterocycles. The molecule has 1 heterocycles. The second-order valence-electron chi connectivity index (χ2n) is 6.52. The van der Waals surface area contributed by atoms with E-state index in [0.717, 1.165) is 12.8 Å². The Bertz CT molecular complexity index is 810. The number of benzene rings is 1. The highest BCUT2D eigenvalue weighted by Gasteiger charge is 2.27. The van der Waals surface area contributed by atoms with Gasteiger partial charge in [-0.25, -0.2) is 0 Å². The van der Waals surface area contributed by atoms with Gasteiger partial charge >= 0.3 is 0 Å². The second-order valence-corrected chi connectivity index (χ2v) is 7.81. The molecule has 0 aliphatic heterocycles. The lowest BCUT2D eigenvalue weighted by Gasteiger charge is -2.16. The van der Waals surface area contributed by atoms with Gasteiger partial charge in [0.1, 0.15) is 0 Å². The molecule has 158 valence electrons. The van der Waals surface area contributed by atoms with Crippen LogP contribution in [0.5, 0.6) is 17.2 Å². The summed E-state index contributed by atoms with van der Waals surface area (Å²) in [6.07, 6.45) is 2.10. The average molecular weight is 422 g/mol. The van der Waals surface area contributed by atoms with Crippen LogP contribution in [-0.4, -0.2) is 47.2 Å². The molecule has 0 radical (unpaired) electrons. The molecule has 9 heteroatoms. The van der Waals surface area contributed by atoms with Gasteiger partial charge in [0.15, 0.2) is 11.5 Å². The third-order valence-electron chi connectivity index (χ3n) is 4.13. The summed E-state index contributed by atoms with van der Waals surface area (Å²) in [7, 11) is 0. The maximum absolute atomic E-state index is 12.1. The summed E-state index contributed by atoms with van der Waals surface area (Å²) in [4.78, 5) is 12.1. The van der Waals surface area contributed by atoms with Crippen molar-refractivity contribution in [2.75, 3.05) is 19.8 Å². The molecule has 1 aliphatic rings. The summed E-state index contributed by atoms with van der Waals surface area (Å²) in [5.41, 5.74) is 0.662. The molecule has 1 atom stereocenters. The molecule has 1 saturated carbocycles. The Labute approximate surface area is 174 Å². The van der Waals surface area contributed by atoms with E-state index in [2.05, 4.69) is 15.5 Å². The van der Waals surface area contributed by atoms with Crippen LogP contribution < -0.4 is 19.5 Å². The largest absolute Gasteiger partial charge is 0.490 e. The Morgan fingerprint density at radius 1 is 1.14 bits per heavy atom. The fourth-order valence-electron chi connectivity index (χ4n) is 2.64. The first-order valence-electron chi connectivity index (χ1n) is 9.93. The zero-order valence-corrected chi connectivity index (χ0v) is 18.0. The van der Waals surface area contributed by atoms with E-state index in [-0.39, 0.29) is 11.2 Å². The van der Waals surface area contributed by atoms with E-state index in [1.165, 1.54) is 11.8 Å². The van der Waals surface area contributed by atoms with E-state index >= 15 is 0 Å². The average Bonchev–Trinajstić information content (AvgIpc) is 3.39. The van der Waals surface area contributed by atoms with Crippen LogP contribution in [-0.2, 0) is 4.79 Å². The Morgan fingerprint density at radius 3 is 2.31 bits per heavy atom. The first-order chi connectivity index (χ1) is 14.0. The monoisotopic (exact) mass is 421 g/mol. The lowest BCUT2D eigenvalue weighted by atomic mass is 10.2. The number of ether oxygens (including phenoxy) is 3. The van der Waals surface area contributed by atoms with Crippen LogP contribution in [0.2, 0.25) is 0 Å². The van der Waals surface area contributed by atoms with Crippen LogP contribution >= 0.6 is 11.8 Å². The molecular weight excluding hydrogens is 394 g/mol. The number of nitrogens with one attached hydrogen (secondary N) is 1. The van der Waals surface area contributed by atoms with E-state index in [9.17, 15) is 4.79 Å². The van der Waals surface area contributed by atoms with E-state index < -0.39 is 0 Å². The van der Waals surface area contributed by atoms with Crippen molar-refractivity contribution in [3.8, 4) is 28.7 Å². The van der Waals surface area contributed by atoms with Gasteiger partial charge in [-0.2, -0.15) is 0 Å². The lowest BCUT2D eigenvalue weighted by Crippen LogP contribution is -2.32. The second kappa shape index (κ2) is 9.87. The number of thioether (sulfide) groups is 1. The summed E-state index contributed by atoms with van der Waals surface area (Å²) >= 11 is 1.24. The van der Waals surface area contributed by atoms with Crippen molar-refractivity contribution in [3.05, 3.63) is 12.1 Å². The number of nitrogens with zero attached hydrogens (tertiary/aromatic N) is 2. The smallest absolute Gasteiger partial charge is 0.277 e. The number of carbonyl (C=O) groups excluding carboxylic acids is 1. The van der Waals surface area contributed by atoms with Crippen molar-refractivity contribution in [2.45, 2.75) is 57.1 Å². The van der Waals surface area contributed by atoms with Gasteiger partial charge in [0.2, 0.25) is 17.5 Å². The molecule has 1 aromatic carbocycles. The molecule has 1 N–H and O–H groups in total. The van der Waals surface area contributed by atoms with Crippen molar-refractivity contribution in [1.82, 2.24) is 15.5 Å². The van der Waals surface area contributed by atoms with E-state index in [1.54, 1.807) is 12.1 Å². The SMILES string of the molecule is CCOc1cc(-c2nnc(S[C@@H](C)C(=O)NC3CC3)o2)cc(OCC)c1OCC. The van der Waals surface area contributed by atoms with Gasteiger partial charge in [-0.3, -0.25) is 4.79 Å². The van der Waals surface area contributed by atoms with Gasteiger partial charge in [-0.1, -0.05) is 11.8 Å². The molecule has 1 aromatic heterocycles. The van der Waals surface area contributed by atoms with Gasteiger partial charge in [0, 0.05) is 11.6 Å². The highest BCUT2D eigenvalue weighted by molar-refractivity contribution is 8.00. The minimum absolute atomic E-state index is 0.0180. The number of rotatable bonds is 11. The summed E-state index contributed by atoms with van der Waals surface area (Å²) in [5.74, 6) is 1.97. The topological polar surface area (TPSA) is 95.7 Å². The summed E-state index contributed by atoms with van der Waals surface area (Å²) in [5, 5.41) is 11.2. The molecule has 1 amide bonds. The Balaban J connectivity index is 1.81. The molecular formula is C20H27N3O5S. The normalized spacial score (nSPS) is 14.3. The lowest BCUT2D eigenvalue weighted by molar-refractivity contribution is -0.120. The van der Waals surface area contributed by atoms with Gasteiger partial charge in [-0.15, -0.1) is 10.2 Å². The number of amides is 1. The van der Waals surface area contributed by atoms with Crippen LogP contribution in [0.3, 0.4) is 0 Å². The minimum Gasteiger partial charge on any atom is -0.490 e. The maximum atomic E-state index is 12.1. The predicted octanol–water partition coefficient (Wildman–Crippen LogP) is 3.69. The first kappa shape index (κ1) is 21.3. The summed E-state index contributed by atoms with van der Waals surface area (Å²) in [6, 6.07) is 3.91. The van der Waals surface area contributed by atoms with Crippen LogP contribution in [0, 0.1) is 0 Å². The molecule has 29 heavy (non-hydrogen) atoms. The molecule has 1 aliphatic carbocycles. The van der Waals surface area contributed by atoms with Crippen molar-refractivity contribution >= 4 is 17.7 Å². The van der Waals surface area contributed by atoms with Gasteiger partial charge in [-0.05, 0) is 52.7 Å². The Morgan fingerprint density at radius 2 is 1.76 bits per heavy atom. The van der Waals surface area contributed by atoms with Crippen molar-refractivity contribution < 1.29 is 23.4 Å². The molecule has 2 aromatic rings. The fourth-order valence-corrected chi connectivity index (χ4v) is 3.33. The minimum atomic E-state index is -0.317. The highest BCUT2D eigenvalue weighted by Crippen LogP contribution is 2.42. The summed E-state index contributed by atoms with van der Waals surface area (Å²) in [6.45, 7) is 8.98. The molecule has 8 nitrogen and oxygen atoms in total. The third-order valence-corrected chi connectivity index (χ3v) is 5.07. The highest BCUT2D eigenvalue weighted by atomic mass is 32.2. The third kappa shape index (κ3) is 5.56. The van der Waals surface area contributed by atoms with Gasteiger partial charge < -0.3 is 23.9 Å². The molecule has 1 fully saturated rings. The van der Waals surface area contributed by atoms with Crippen molar-refractivity contribution in [3.63, 3.8) is 0 Å². The zero-order valence-electron chi connectivity index (χ0n) is 17.2. The Hall–Kier alpha value is -2.42. The summed E-state index contributed by atoms with van der Waals surface area (Å²) < 4.78 is 23.0. The molecule has 0 spiro atoms. The van der Waals surface area contributed by atoms with E-state index in [4.69, 9.17) is 18.6 Å². The molecule has 0 unspecified atom stereocenters. The number of hydrogen-bond acceptors (Lipinski definition) is 8. The van der Waals surface area contributed by atoms with Crippen LogP contribution in [0.15, 0.2) is 21.8 Å². The number of carbonyl (C=O) groups is 1. The number of hydrogen-bond donors (Lipinski definition) is 1. The van der Waals surface area contributed by atoms with Crippen LogP contribution in [0.1, 0.15) is 40.5 Å². The van der Waals surface area contributed by atoms with Crippen LogP contribution in [0.4, 0.5) is 0 Å². The Kier molecular flexibility index (Phi) is 7.24. The quantitative estimate of drug-likeness (QED) is 0.549. The maximum Gasteiger partial charge on any atom is 0.277 e.